The fourth-order valence-corrected chi connectivity index (χ4v) is 5.42. The van der Waals surface area contributed by atoms with E-state index in [1.807, 2.05) is 31.2 Å². The SMILES string of the molecule is Cc1c(C(=O)O/N=C(/N)c2ccc(C(C)(C)C)cc2)sc2cc(C(C)(C)C)sc12. The van der Waals surface area contributed by atoms with E-state index in [1.165, 1.54) is 21.8 Å². The first-order valence-corrected chi connectivity index (χ1v) is 11.2. The molecule has 0 atom stereocenters. The van der Waals surface area contributed by atoms with Crippen LogP contribution in [0.5, 0.6) is 0 Å². The van der Waals surface area contributed by atoms with Gasteiger partial charge in [0.15, 0.2) is 5.84 Å². The molecule has 0 aliphatic rings. The van der Waals surface area contributed by atoms with E-state index in [1.54, 1.807) is 11.3 Å². The van der Waals surface area contributed by atoms with Crippen LogP contribution in [0.1, 0.15) is 72.8 Å². The van der Waals surface area contributed by atoms with Gasteiger partial charge in [-0.3, -0.25) is 0 Å². The summed E-state index contributed by atoms with van der Waals surface area (Å²) in [6.45, 7) is 15.0. The Morgan fingerprint density at radius 3 is 2.14 bits per heavy atom. The molecule has 0 saturated carbocycles. The highest BCUT2D eigenvalue weighted by atomic mass is 32.1. The minimum Gasteiger partial charge on any atom is -0.380 e. The minimum absolute atomic E-state index is 0.0628. The summed E-state index contributed by atoms with van der Waals surface area (Å²) in [6.07, 6.45) is 0. The van der Waals surface area contributed by atoms with Gasteiger partial charge in [-0.2, -0.15) is 0 Å². The van der Waals surface area contributed by atoms with Gasteiger partial charge in [0, 0.05) is 19.8 Å². The van der Waals surface area contributed by atoms with Gasteiger partial charge in [0.05, 0.1) is 0 Å². The molecule has 0 aliphatic heterocycles. The number of hydrogen-bond donors (Lipinski definition) is 1. The number of rotatable bonds is 3. The average molecular weight is 429 g/mol. The summed E-state index contributed by atoms with van der Waals surface area (Å²) in [4.78, 5) is 19.6. The molecule has 0 saturated heterocycles. The van der Waals surface area contributed by atoms with Crippen molar-refractivity contribution in [3.05, 3.63) is 56.8 Å². The fourth-order valence-electron chi connectivity index (χ4n) is 2.89. The van der Waals surface area contributed by atoms with Crippen LogP contribution in [-0.4, -0.2) is 11.8 Å². The first-order valence-electron chi connectivity index (χ1n) is 9.57. The highest BCUT2D eigenvalue weighted by Crippen LogP contribution is 2.41. The minimum atomic E-state index is -0.470. The first kappa shape index (κ1) is 21.5. The summed E-state index contributed by atoms with van der Waals surface area (Å²) < 4.78 is 2.25. The van der Waals surface area contributed by atoms with Crippen LogP contribution in [0.3, 0.4) is 0 Å². The van der Waals surface area contributed by atoms with Crippen LogP contribution >= 0.6 is 22.7 Å². The Bertz CT molecular complexity index is 1080. The van der Waals surface area contributed by atoms with Crippen LogP contribution in [0.2, 0.25) is 0 Å². The van der Waals surface area contributed by atoms with Gasteiger partial charge in [0.1, 0.15) is 4.88 Å². The lowest BCUT2D eigenvalue weighted by atomic mass is 9.87. The third-order valence-corrected chi connectivity index (χ3v) is 7.82. The van der Waals surface area contributed by atoms with Gasteiger partial charge in [-0.15, -0.1) is 22.7 Å². The van der Waals surface area contributed by atoms with Gasteiger partial charge in [0.2, 0.25) is 0 Å². The molecule has 0 bridgehead atoms. The molecule has 154 valence electrons. The number of thiophene rings is 2. The summed E-state index contributed by atoms with van der Waals surface area (Å²) in [5, 5.41) is 3.87. The van der Waals surface area contributed by atoms with E-state index in [9.17, 15) is 4.79 Å². The molecule has 6 heteroatoms. The lowest BCUT2D eigenvalue weighted by Gasteiger charge is -2.18. The quantitative estimate of drug-likeness (QED) is 0.229. The average Bonchev–Trinajstić information content (AvgIpc) is 3.18. The first-order chi connectivity index (χ1) is 13.4. The van der Waals surface area contributed by atoms with E-state index in [0.29, 0.717) is 4.88 Å². The third kappa shape index (κ3) is 4.54. The zero-order valence-corrected chi connectivity index (χ0v) is 19.7. The predicted molar refractivity (Wildman–Crippen MR) is 124 cm³/mol. The van der Waals surface area contributed by atoms with Crippen molar-refractivity contribution < 1.29 is 9.63 Å². The molecule has 29 heavy (non-hydrogen) atoms. The summed E-state index contributed by atoms with van der Waals surface area (Å²) in [5.74, 6) is -0.285. The maximum Gasteiger partial charge on any atom is 0.376 e. The number of hydrogen-bond acceptors (Lipinski definition) is 5. The largest absolute Gasteiger partial charge is 0.380 e. The summed E-state index contributed by atoms with van der Waals surface area (Å²) in [6, 6.07) is 10.00. The zero-order chi connectivity index (χ0) is 21.6. The number of aryl methyl sites for hydroxylation is 1. The van der Waals surface area contributed by atoms with E-state index in [2.05, 4.69) is 52.8 Å². The Hall–Kier alpha value is -2.18. The number of oxime groups is 1. The molecular weight excluding hydrogens is 400 g/mol. The molecule has 0 amide bonds. The van der Waals surface area contributed by atoms with Gasteiger partial charge in [-0.25, -0.2) is 4.79 Å². The lowest BCUT2D eigenvalue weighted by Crippen LogP contribution is -2.16. The molecule has 1 aromatic carbocycles. The smallest absolute Gasteiger partial charge is 0.376 e. The normalized spacial score (nSPS) is 13.1. The number of nitrogens with two attached hydrogens (primary N) is 1. The van der Waals surface area contributed by atoms with Crippen molar-refractivity contribution in [2.75, 3.05) is 0 Å². The Morgan fingerprint density at radius 2 is 1.62 bits per heavy atom. The third-order valence-electron chi connectivity index (χ3n) is 4.79. The lowest BCUT2D eigenvalue weighted by molar-refractivity contribution is 0.0521. The number of carbonyl (C=O) groups is 1. The Balaban J connectivity index is 1.77. The van der Waals surface area contributed by atoms with Gasteiger partial charge in [-0.1, -0.05) is 71.0 Å². The van der Waals surface area contributed by atoms with Crippen LogP contribution in [0.4, 0.5) is 0 Å². The molecule has 0 unspecified atom stereocenters. The van der Waals surface area contributed by atoms with Crippen LogP contribution in [-0.2, 0) is 15.7 Å². The summed E-state index contributed by atoms with van der Waals surface area (Å²) in [7, 11) is 0. The predicted octanol–water partition coefficient (Wildman–Crippen LogP) is 6.34. The maximum atomic E-state index is 12.6. The van der Waals surface area contributed by atoms with Crippen LogP contribution in [0.25, 0.3) is 9.40 Å². The van der Waals surface area contributed by atoms with E-state index in [0.717, 1.165) is 20.5 Å². The van der Waals surface area contributed by atoms with Crippen molar-refractivity contribution in [2.24, 2.45) is 10.9 Å². The Morgan fingerprint density at radius 1 is 1.00 bits per heavy atom. The summed E-state index contributed by atoms with van der Waals surface area (Å²) in [5.41, 5.74) is 9.05. The molecule has 4 nitrogen and oxygen atoms in total. The fraction of sp³-hybridized carbons (Fsp3) is 0.391. The van der Waals surface area contributed by atoms with Gasteiger partial charge < -0.3 is 10.6 Å². The number of fused-ring (bicyclic) bond motifs is 1. The van der Waals surface area contributed by atoms with Crippen molar-refractivity contribution in [3.63, 3.8) is 0 Å². The Kier molecular flexibility index (Phi) is 5.62. The number of benzene rings is 1. The number of carbonyl (C=O) groups excluding carboxylic acids is 1. The van der Waals surface area contributed by atoms with E-state index >= 15 is 0 Å². The molecule has 0 fully saturated rings. The monoisotopic (exact) mass is 428 g/mol. The van der Waals surface area contributed by atoms with Gasteiger partial charge >= 0.3 is 5.97 Å². The van der Waals surface area contributed by atoms with Gasteiger partial charge in [-0.05, 0) is 34.9 Å². The zero-order valence-electron chi connectivity index (χ0n) is 18.0. The van der Waals surface area contributed by atoms with Crippen molar-refractivity contribution >= 4 is 43.9 Å². The topological polar surface area (TPSA) is 64.7 Å². The van der Waals surface area contributed by atoms with Crippen LogP contribution < -0.4 is 5.73 Å². The molecule has 3 rings (SSSR count). The molecule has 0 spiro atoms. The molecule has 3 aromatic rings. The van der Waals surface area contributed by atoms with Crippen LogP contribution in [0.15, 0.2) is 35.5 Å². The highest BCUT2D eigenvalue weighted by Gasteiger charge is 2.23. The highest BCUT2D eigenvalue weighted by molar-refractivity contribution is 7.29. The molecule has 0 radical (unpaired) electrons. The number of amidine groups is 1. The number of nitrogens with zero attached hydrogens (tertiary/aromatic N) is 1. The molecular formula is C23H28N2O2S2. The van der Waals surface area contributed by atoms with Crippen molar-refractivity contribution in [1.82, 2.24) is 0 Å². The van der Waals surface area contributed by atoms with E-state index in [4.69, 9.17) is 10.6 Å². The molecule has 2 N–H and O–H groups in total. The van der Waals surface area contributed by atoms with E-state index in [-0.39, 0.29) is 16.7 Å². The summed E-state index contributed by atoms with van der Waals surface area (Å²) >= 11 is 3.18. The molecule has 0 aliphatic carbocycles. The second-order valence-electron chi connectivity index (χ2n) is 9.29. The second kappa shape index (κ2) is 7.58. The Labute approximate surface area is 180 Å². The maximum absolute atomic E-state index is 12.6. The van der Waals surface area contributed by atoms with Crippen molar-refractivity contribution in [3.8, 4) is 0 Å². The van der Waals surface area contributed by atoms with Crippen LogP contribution in [0, 0.1) is 6.92 Å². The molecule has 2 heterocycles. The van der Waals surface area contributed by atoms with Gasteiger partial charge in [0.25, 0.3) is 0 Å². The standard InChI is InChI=1S/C23H28N2O2S2/c1-13-18-16(12-17(29-18)23(5,6)7)28-19(13)21(26)27-25-20(24)14-8-10-15(11-9-14)22(2,3)4/h8-12H,1-7H3,(H2,24,25). The second-order valence-corrected chi connectivity index (χ2v) is 11.4. The van der Waals surface area contributed by atoms with E-state index < -0.39 is 5.97 Å². The van der Waals surface area contributed by atoms with Crippen molar-refractivity contribution in [1.29, 1.82) is 0 Å². The molecule has 2 aromatic heterocycles. The van der Waals surface area contributed by atoms with Crippen molar-refractivity contribution in [2.45, 2.75) is 59.3 Å².